The number of amides is 1. The maximum absolute atomic E-state index is 12.6. The highest BCUT2D eigenvalue weighted by molar-refractivity contribution is 5.97. The molecule has 5 aromatic rings. The minimum atomic E-state index is -0.440. The number of nitrogens with one attached hydrogen (secondary N) is 1. The summed E-state index contributed by atoms with van der Waals surface area (Å²) >= 11 is 0. The van der Waals surface area contributed by atoms with Gasteiger partial charge in [-0.25, -0.2) is 19.6 Å². The molecule has 11 nitrogen and oxygen atoms in total. The van der Waals surface area contributed by atoms with Crippen molar-refractivity contribution >= 4 is 34.6 Å². The molecule has 1 amide bonds. The van der Waals surface area contributed by atoms with E-state index in [9.17, 15) is 9.59 Å². The molecule has 1 aliphatic heterocycles. The summed E-state index contributed by atoms with van der Waals surface area (Å²) in [5, 5.41) is 5.42. The van der Waals surface area contributed by atoms with E-state index in [1.165, 1.54) is 6.20 Å². The highest BCUT2D eigenvalue weighted by Gasteiger charge is 2.24. The monoisotopic (exact) mass is 597 g/mol. The van der Waals surface area contributed by atoms with Crippen LogP contribution in [0.1, 0.15) is 56.5 Å². The Bertz CT molecular complexity index is 1730. The van der Waals surface area contributed by atoms with Crippen molar-refractivity contribution in [1.29, 1.82) is 0 Å². The topological polar surface area (TPSA) is 118 Å². The molecule has 0 spiro atoms. The summed E-state index contributed by atoms with van der Waals surface area (Å²) in [6.07, 6.45) is 7.20. The number of pyridine rings is 1. The molecule has 0 aliphatic carbocycles. The van der Waals surface area contributed by atoms with Gasteiger partial charge >= 0.3 is 12.1 Å². The van der Waals surface area contributed by atoms with Crippen LogP contribution in [0.5, 0.6) is 0 Å². The quantitative estimate of drug-likeness (QED) is 0.233. The molecule has 4 aromatic heterocycles. The van der Waals surface area contributed by atoms with Crippen molar-refractivity contribution in [2.45, 2.75) is 52.7 Å². The fraction of sp³-hybridized carbons (Fsp3) is 0.364. The van der Waals surface area contributed by atoms with Gasteiger partial charge in [0.1, 0.15) is 22.6 Å². The first-order valence-electron chi connectivity index (χ1n) is 14.9. The highest BCUT2D eigenvalue weighted by atomic mass is 16.6. The Morgan fingerprint density at radius 1 is 1.07 bits per heavy atom. The minimum absolute atomic E-state index is 0.167. The van der Waals surface area contributed by atoms with Gasteiger partial charge in [0.15, 0.2) is 5.65 Å². The van der Waals surface area contributed by atoms with Gasteiger partial charge in [0.05, 0.1) is 18.5 Å². The van der Waals surface area contributed by atoms with Gasteiger partial charge in [-0.1, -0.05) is 30.3 Å². The molecule has 1 N–H and O–H groups in total. The summed E-state index contributed by atoms with van der Waals surface area (Å²) in [6.45, 7) is 10.1. The van der Waals surface area contributed by atoms with Crippen LogP contribution in [0.15, 0.2) is 67.1 Å². The maximum Gasteiger partial charge on any atom is 0.410 e. The Morgan fingerprint density at radius 3 is 2.52 bits per heavy atom. The summed E-state index contributed by atoms with van der Waals surface area (Å²) < 4.78 is 12.1. The highest BCUT2D eigenvalue weighted by Crippen LogP contribution is 2.31. The molecule has 44 heavy (non-hydrogen) atoms. The largest absolute Gasteiger partial charge is 0.462 e. The number of fused-ring (bicyclic) bond motifs is 2. The van der Waals surface area contributed by atoms with Crippen LogP contribution in [0.25, 0.3) is 27.9 Å². The molecule has 1 aliphatic rings. The predicted octanol–water partition coefficient (Wildman–Crippen LogP) is 6.10. The third-order valence-electron chi connectivity index (χ3n) is 7.09. The number of H-pyrrole nitrogens is 1. The van der Waals surface area contributed by atoms with Crippen molar-refractivity contribution in [2.75, 3.05) is 31.6 Å². The maximum atomic E-state index is 12.6. The summed E-state index contributed by atoms with van der Waals surface area (Å²) in [4.78, 5) is 40.2. The molecule has 1 fully saturated rings. The number of hydrogen-bond acceptors (Lipinski definition) is 8. The molecule has 0 unspecified atom stereocenters. The first-order chi connectivity index (χ1) is 21.1. The Morgan fingerprint density at radius 2 is 1.82 bits per heavy atom. The number of nitrogens with zero attached hydrogens (tertiary/aromatic N) is 6. The third kappa shape index (κ3) is 6.99. The molecule has 0 saturated carbocycles. The zero-order valence-corrected chi connectivity index (χ0v) is 25.9. The van der Waals surface area contributed by atoms with Crippen LogP contribution in [0.3, 0.4) is 0 Å². The van der Waals surface area contributed by atoms with Gasteiger partial charge in [-0.15, -0.1) is 0 Å². The number of carbonyl (C=O) groups excluding carboxylic acids is 2. The van der Waals surface area contributed by atoms with Crippen LogP contribution in [0.4, 0.5) is 10.6 Å². The Balaban J connectivity index is 0.000000270. The van der Waals surface area contributed by atoms with Crippen molar-refractivity contribution < 1.29 is 19.1 Å². The first kappa shape index (κ1) is 30.5. The first-order valence-corrected chi connectivity index (χ1v) is 14.9. The van der Waals surface area contributed by atoms with Gasteiger partial charge in [-0.05, 0) is 58.2 Å². The van der Waals surface area contributed by atoms with E-state index < -0.39 is 5.97 Å². The normalized spacial score (nSPS) is 13.1. The Labute approximate surface area is 256 Å². The predicted molar refractivity (Wildman–Crippen MR) is 170 cm³/mol. The van der Waals surface area contributed by atoms with Gasteiger partial charge in [0, 0.05) is 56.1 Å². The van der Waals surface area contributed by atoms with Crippen LogP contribution in [0, 0.1) is 0 Å². The van der Waals surface area contributed by atoms with E-state index in [1.807, 2.05) is 70.4 Å². The van der Waals surface area contributed by atoms with E-state index >= 15 is 0 Å². The minimum Gasteiger partial charge on any atom is -0.462 e. The van der Waals surface area contributed by atoms with Gasteiger partial charge in [-0.3, -0.25) is 0 Å². The Kier molecular flexibility index (Phi) is 9.12. The molecule has 1 aromatic carbocycles. The summed E-state index contributed by atoms with van der Waals surface area (Å²) in [7, 11) is 1.99. The third-order valence-corrected chi connectivity index (χ3v) is 7.09. The SMILES string of the molecule is CC(C)(C)OC(=O)N1CCCC1.CCOC(=O)c1cnn2c(N(C)Cc3ccccc3)cc(-c3c[nH]c4ncccc34)nc12. The zero-order valence-electron chi connectivity index (χ0n) is 25.9. The number of carbonyl (C=O) groups is 2. The molecule has 6 rings (SSSR count). The summed E-state index contributed by atoms with van der Waals surface area (Å²) in [6, 6.07) is 16.1. The summed E-state index contributed by atoms with van der Waals surface area (Å²) in [5.41, 5.74) is 3.99. The van der Waals surface area contributed by atoms with E-state index in [2.05, 4.69) is 32.1 Å². The lowest BCUT2D eigenvalue weighted by molar-refractivity contribution is 0.0294. The van der Waals surface area contributed by atoms with E-state index in [0.717, 1.165) is 59.6 Å². The van der Waals surface area contributed by atoms with Crippen LogP contribution < -0.4 is 4.90 Å². The van der Waals surface area contributed by atoms with Gasteiger partial charge < -0.3 is 24.3 Å². The molecular weight excluding hydrogens is 558 g/mol. The van der Waals surface area contributed by atoms with Gasteiger partial charge in [0.25, 0.3) is 0 Å². The van der Waals surface area contributed by atoms with E-state index in [4.69, 9.17) is 14.5 Å². The van der Waals surface area contributed by atoms with Crippen LogP contribution in [-0.2, 0) is 16.0 Å². The van der Waals surface area contributed by atoms with E-state index in [-0.39, 0.29) is 18.3 Å². The number of esters is 1. The molecule has 0 radical (unpaired) electrons. The molecule has 5 heterocycles. The second-order valence-corrected chi connectivity index (χ2v) is 11.6. The lowest BCUT2D eigenvalue weighted by Crippen LogP contribution is -2.34. The number of rotatable bonds is 6. The van der Waals surface area contributed by atoms with Gasteiger partial charge in [-0.2, -0.15) is 9.61 Å². The molecule has 1 saturated heterocycles. The van der Waals surface area contributed by atoms with Crippen LogP contribution in [-0.4, -0.2) is 73.9 Å². The number of likely N-dealkylation sites (tertiary alicyclic amines) is 1. The van der Waals surface area contributed by atoms with Crippen molar-refractivity contribution in [3.63, 3.8) is 0 Å². The molecule has 0 bridgehead atoms. The number of aromatic amines is 1. The fourth-order valence-electron chi connectivity index (χ4n) is 5.04. The molecule has 0 atom stereocenters. The second kappa shape index (κ2) is 13.2. The molecular formula is C33H39N7O4. The van der Waals surface area contributed by atoms with E-state index in [1.54, 1.807) is 22.5 Å². The average Bonchev–Trinajstić information content (AvgIpc) is 3.77. The van der Waals surface area contributed by atoms with E-state index in [0.29, 0.717) is 17.8 Å². The number of aromatic nitrogens is 5. The summed E-state index contributed by atoms with van der Waals surface area (Å²) in [5.74, 6) is 0.368. The van der Waals surface area contributed by atoms with Crippen LogP contribution >= 0.6 is 0 Å². The second-order valence-electron chi connectivity index (χ2n) is 11.6. The van der Waals surface area contributed by atoms with Gasteiger partial charge in [0.2, 0.25) is 0 Å². The Hall–Kier alpha value is -4.93. The average molecular weight is 598 g/mol. The molecule has 11 heteroatoms. The number of anilines is 1. The lowest BCUT2D eigenvalue weighted by Gasteiger charge is -2.23. The standard InChI is InChI=1S/C24H22N6O2.C9H17NO2/c1-3-32-24(31)19-14-27-30-21(29(2)15-16-8-5-4-6-9-16)12-20(28-23(19)30)18-13-26-22-17(18)10-7-11-25-22;1-9(2,3)12-8(11)10-6-4-5-7-10/h4-14H,3,15H2,1-2H3,(H,25,26);4-7H2,1-3H3. The number of hydrogen-bond donors (Lipinski definition) is 1. The van der Waals surface area contributed by atoms with Crippen LogP contribution in [0.2, 0.25) is 0 Å². The van der Waals surface area contributed by atoms with Crippen molar-refractivity contribution in [3.05, 3.63) is 78.2 Å². The number of benzene rings is 1. The number of ether oxygens (including phenoxy) is 2. The van der Waals surface area contributed by atoms with Crippen molar-refractivity contribution in [3.8, 4) is 11.3 Å². The molecule has 230 valence electrons. The zero-order chi connectivity index (χ0) is 31.3. The fourth-order valence-corrected chi connectivity index (χ4v) is 5.04. The van der Waals surface area contributed by atoms with Crippen molar-refractivity contribution in [1.82, 2.24) is 29.5 Å². The lowest BCUT2D eigenvalue weighted by atomic mass is 10.1. The smallest absolute Gasteiger partial charge is 0.410 e. The van der Waals surface area contributed by atoms with Crippen molar-refractivity contribution in [2.24, 2.45) is 0 Å².